The summed E-state index contributed by atoms with van der Waals surface area (Å²) in [6, 6.07) is 5.06. The second-order valence-electron chi connectivity index (χ2n) is 4.34. The molecule has 0 aliphatic carbocycles. The summed E-state index contributed by atoms with van der Waals surface area (Å²) in [5.41, 5.74) is 2.10. The van der Waals surface area contributed by atoms with Crippen LogP contribution >= 0.6 is 12.1 Å². The van der Waals surface area contributed by atoms with Crippen LogP contribution in [0.15, 0.2) is 54.0 Å². The summed E-state index contributed by atoms with van der Waals surface area (Å²) in [4.78, 5) is 28.5. The van der Waals surface area contributed by atoms with Crippen molar-refractivity contribution in [2.75, 3.05) is 0 Å². The zero-order valence-corrected chi connectivity index (χ0v) is 11.5. The Bertz CT molecular complexity index is 691. The summed E-state index contributed by atoms with van der Waals surface area (Å²) in [7, 11) is 0. The van der Waals surface area contributed by atoms with Gasteiger partial charge in [-0.1, -0.05) is 6.07 Å². The van der Waals surface area contributed by atoms with Crippen LogP contribution in [-0.2, 0) is 4.79 Å². The Labute approximate surface area is 120 Å². The number of hydrogen-bond acceptors (Lipinski definition) is 6. The molecule has 0 fully saturated rings. The topological polar surface area (TPSA) is 62.3 Å². The van der Waals surface area contributed by atoms with Gasteiger partial charge in [-0.05, 0) is 31.2 Å². The van der Waals surface area contributed by atoms with Gasteiger partial charge in [0.15, 0.2) is 0 Å². The van der Waals surface area contributed by atoms with Crippen molar-refractivity contribution >= 4 is 23.7 Å². The third-order valence-electron chi connectivity index (χ3n) is 2.89. The zero-order valence-electron chi connectivity index (χ0n) is 10.7. The van der Waals surface area contributed by atoms with Crippen LogP contribution in [0.5, 0.6) is 0 Å². The minimum Gasteiger partial charge on any atom is -0.316 e. The maximum Gasteiger partial charge on any atom is 0.251 e. The van der Waals surface area contributed by atoms with Crippen LogP contribution in [0.25, 0.3) is 0 Å². The first-order chi connectivity index (χ1) is 9.65. The molecule has 0 unspecified atom stereocenters. The van der Waals surface area contributed by atoms with Gasteiger partial charge in [0.05, 0.1) is 17.8 Å². The first-order valence-corrected chi connectivity index (χ1v) is 6.77. The van der Waals surface area contributed by atoms with Gasteiger partial charge in [-0.3, -0.25) is 13.9 Å². The number of hydrogen-bond donors (Lipinski definition) is 1. The number of allylic oxidation sites excluding steroid dienone is 3. The smallest absolute Gasteiger partial charge is 0.251 e. The summed E-state index contributed by atoms with van der Waals surface area (Å²) >= 11 is 1.40. The van der Waals surface area contributed by atoms with Crippen LogP contribution in [0, 0.1) is 6.92 Å². The van der Waals surface area contributed by atoms with E-state index in [2.05, 4.69) is 9.71 Å². The number of nitrogens with one attached hydrogen (secondary N) is 1. The molecule has 2 aliphatic rings. The van der Waals surface area contributed by atoms with E-state index in [0.717, 1.165) is 5.70 Å². The van der Waals surface area contributed by atoms with Crippen LogP contribution in [-0.4, -0.2) is 20.9 Å². The Morgan fingerprint density at radius 2 is 2.15 bits per heavy atom. The van der Waals surface area contributed by atoms with Gasteiger partial charge in [0, 0.05) is 23.7 Å². The van der Waals surface area contributed by atoms with Crippen molar-refractivity contribution in [3.63, 3.8) is 0 Å². The summed E-state index contributed by atoms with van der Waals surface area (Å²) in [5, 5.41) is 0. The highest BCUT2D eigenvalue weighted by atomic mass is 32.2. The fraction of sp³-hybridized carbons (Fsp3) is 0.0714. The van der Waals surface area contributed by atoms with E-state index in [0.29, 0.717) is 11.3 Å². The van der Waals surface area contributed by atoms with Crippen molar-refractivity contribution in [1.82, 2.24) is 14.0 Å². The van der Waals surface area contributed by atoms with Crippen LogP contribution in [0.2, 0.25) is 0 Å². The normalized spacial score (nSPS) is 16.1. The Kier molecular flexibility index (Phi) is 3.15. The Morgan fingerprint density at radius 1 is 1.30 bits per heavy atom. The summed E-state index contributed by atoms with van der Waals surface area (Å²) in [6.07, 6.45) is 6.84. The van der Waals surface area contributed by atoms with Crippen LogP contribution in [0.3, 0.4) is 0 Å². The SMILES string of the molecule is Cc1cccc(C(=O)C(=O)C2=CC3=CNSN3C=C2)n1. The number of carbonyl (C=O) groups is 2. The molecule has 0 amide bonds. The van der Waals surface area contributed by atoms with E-state index in [-0.39, 0.29) is 5.69 Å². The fourth-order valence-corrected chi connectivity index (χ4v) is 2.51. The van der Waals surface area contributed by atoms with Gasteiger partial charge in [-0.25, -0.2) is 4.98 Å². The van der Waals surface area contributed by atoms with E-state index in [1.807, 2.05) is 4.31 Å². The van der Waals surface area contributed by atoms with Crippen LogP contribution in [0.4, 0.5) is 0 Å². The van der Waals surface area contributed by atoms with E-state index in [9.17, 15) is 9.59 Å². The molecule has 0 bridgehead atoms. The lowest BCUT2D eigenvalue weighted by atomic mass is 10.0. The van der Waals surface area contributed by atoms with Gasteiger partial charge in [-0.15, -0.1) is 0 Å². The quantitative estimate of drug-likeness (QED) is 0.520. The number of ketones is 2. The third-order valence-corrected chi connectivity index (χ3v) is 3.65. The van der Waals surface area contributed by atoms with E-state index < -0.39 is 11.6 Å². The van der Waals surface area contributed by atoms with Gasteiger partial charge in [0.25, 0.3) is 5.78 Å². The molecule has 2 aliphatic heterocycles. The molecule has 5 nitrogen and oxygen atoms in total. The molecule has 1 aromatic heterocycles. The van der Waals surface area contributed by atoms with E-state index in [4.69, 9.17) is 0 Å². The second kappa shape index (κ2) is 4.97. The highest BCUT2D eigenvalue weighted by Gasteiger charge is 2.24. The molecule has 3 heterocycles. The van der Waals surface area contributed by atoms with Crippen molar-refractivity contribution in [3.8, 4) is 0 Å². The summed E-state index contributed by atoms with van der Waals surface area (Å²) in [5.74, 6) is -1.13. The zero-order chi connectivity index (χ0) is 14.1. The van der Waals surface area contributed by atoms with Crippen LogP contribution in [0.1, 0.15) is 16.2 Å². The molecule has 1 N–H and O–H groups in total. The predicted octanol–water partition coefficient (Wildman–Crippen LogP) is 1.91. The number of aromatic nitrogens is 1. The minimum absolute atomic E-state index is 0.180. The summed E-state index contributed by atoms with van der Waals surface area (Å²) in [6.45, 7) is 1.78. The third kappa shape index (κ3) is 2.25. The van der Waals surface area contributed by atoms with Crippen LogP contribution < -0.4 is 4.72 Å². The van der Waals surface area contributed by atoms with Gasteiger partial charge in [-0.2, -0.15) is 0 Å². The number of fused-ring (bicyclic) bond motifs is 1. The molecular formula is C14H11N3O2S. The monoisotopic (exact) mass is 285 g/mol. The molecule has 20 heavy (non-hydrogen) atoms. The lowest BCUT2D eigenvalue weighted by molar-refractivity contribution is -0.111. The molecule has 3 rings (SSSR count). The largest absolute Gasteiger partial charge is 0.316 e. The maximum absolute atomic E-state index is 12.2. The molecule has 0 atom stereocenters. The highest BCUT2D eigenvalue weighted by Crippen LogP contribution is 2.27. The van der Waals surface area contributed by atoms with Gasteiger partial charge < -0.3 is 4.72 Å². The molecule has 0 saturated carbocycles. The summed E-state index contributed by atoms with van der Waals surface area (Å²) < 4.78 is 4.84. The van der Waals surface area contributed by atoms with Crippen molar-refractivity contribution in [2.24, 2.45) is 0 Å². The number of Topliss-reactive ketones (excluding diaryl/α,β-unsaturated/α-hetero) is 2. The van der Waals surface area contributed by atoms with Crippen molar-refractivity contribution < 1.29 is 9.59 Å². The lowest BCUT2D eigenvalue weighted by Gasteiger charge is -2.16. The standard InChI is InChI=1S/C14H11N3O2S/c1-9-3-2-4-12(16-9)14(19)13(18)10-5-6-17-11(7-10)8-15-20-17/h2-8,15H,1H3. The average molecular weight is 285 g/mol. The number of aryl methyl sites for hydroxylation is 1. The molecule has 0 aromatic carbocycles. The Balaban J connectivity index is 1.86. The van der Waals surface area contributed by atoms with Crippen molar-refractivity contribution in [1.29, 1.82) is 0 Å². The molecule has 1 aromatic rings. The van der Waals surface area contributed by atoms with E-state index in [1.54, 1.807) is 49.7 Å². The Morgan fingerprint density at radius 3 is 2.95 bits per heavy atom. The molecular weight excluding hydrogens is 274 g/mol. The molecule has 0 radical (unpaired) electrons. The lowest BCUT2D eigenvalue weighted by Crippen LogP contribution is -2.20. The first kappa shape index (κ1) is 12.7. The predicted molar refractivity (Wildman–Crippen MR) is 76.2 cm³/mol. The number of nitrogens with zero attached hydrogens (tertiary/aromatic N) is 2. The van der Waals surface area contributed by atoms with E-state index in [1.165, 1.54) is 12.1 Å². The number of carbonyl (C=O) groups excluding carboxylic acids is 2. The first-order valence-electron chi connectivity index (χ1n) is 5.99. The van der Waals surface area contributed by atoms with Gasteiger partial charge >= 0.3 is 0 Å². The average Bonchev–Trinajstić information content (AvgIpc) is 2.93. The highest BCUT2D eigenvalue weighted by molar-refractivity contribution is 7.95. The fourth-order valence-electron chi connectivity index (χ4n) is 1.90. The van der Waals surface area contributed by atoms with Crippen molar-refractivity contribution in [2.45, 2.75) is 6.92 Å². The van der Waals surface area contributed by atoms with Crippen molar-refractivity contribution in [3.05, 3.63) is 65.4 Å². The molecule has 6 heteroatoms. The number of rotatable bonds is 3. The van der Waals surface area contributed by atoms with E-state index >= 15 is 0 Å². The molecule has 0 saturated heterocycles. The molecule has 0 spiro atoms. The van der Waals surface area contributed by atoms with Gasteiger partial charge in [0.2, 0.25) is 5.78 Å². The molecule has 100 valence electrons. The number of pyridine rings is 1. The maximum atomic E-state index is 12.2. The van der Waals surface area contributed by atoms with Gasteiger partial charge in [0.1, 0.15) is 5.69 Å². The second-order valence-corrected chi connectivity index (χ2v) is 5.15. The minimum atomic E-state index is -0.586. The Hall–Kier alpha value is -2.34.